The van der Waals surface area contributed by atoms with Gasteiger partial charge in [0.25, 0.3) is 0 Å². The van der Waals surface area contributed by atoms with Crippen molar-refractivity contribution in [3.63, 3.8) is 0 Å². The van der Waals surface area contributed by atoms with E-state index in [9.17, 15) is 0 Å². The van der Waals surface area contributed by atoms with Gasteiger partial charge in [-0.1, -0.05) is 25.1 Å². The van der Waals surface area contributed by atoms with Crippen LogP contribution in [0.25, 0.3) is 6.08 Å². The summed E-state index contributed by atoms with van der Waals surface area (Å²) < 4.78 is 5.26. The molecule has 0 amide bonds. The van der Waals surface area contributed by atoms with E-state index in [0.29, 0.717) is 11.8 Å². The number of piperazine rings is 1. The lowest BCUT2D eigenvalue weighted by atomic mass is 9.99. The molecule has 33 heavy (non-hydrogen) atoms. The van der Waals surface area contributed by atoms with Crippen molar-refractivity contribution >= 4 is 23.6 Å². The number of methoxy groups -OCH3 is 1. The summed E-state index contributed by atoms with van der Waals surface area (Å²) in [5.74, 6) is 3.33. The first-order chi connectivity index (χ1) is 16.0. The van der Waals surface area contributed by atoms with E-state index in [2.05, 4.69) is 57.5 Å². The number of hydrogen-bond acceptors (Lipinski definition) is 7. The summed E-state index contributed by atoms with van der Waals surface area (Å²) in [6.07, 6.45) is 7.28. The van der Waals surface area contributed by atoms with Gasteiger partial charge in [0.05, 0.1) is 7.11 Å². The van der Waals surface area contributed by atoms with E-state index in [-0.39, 0.29) is 5.92 Å². The number of aryl methyl sites for hydroxylation is 1. The van der Waals surface area contributed by atoms with Crippen molar-refractivity contribution in [1.82, 2.24) is 20.0 Å². The highest BCUT2D eigenvalue weighted by Crippen LogP contribution is 2.20. The van der Waals surface area contributed by atoms with Crippen LogP contribution in [0.15, 0.2) is 58.3 Å². The zero-order valence-electron chi connectivity index (χ0n) is 19.9. The summed E-state index contributed by atoms with van der Waals surface area (Å²) in [7, 11) is 3.84. The maximum absolute atomic E-state index is 5.26. The molecule has 1 saturated heterocycles. The number of aliphatic imine (C=N–C) groups is 2. The Kier molecular flexibility index (Phi) is 7.24. The van der Waals surface area contributed by atoms with Crippen LogP contribution in [0.2, 0.25) is 0 Å². The van der Waals surface area contributed by atoms with E-state index in [1.165, 1.54) is 0 Å². The maximum atomic E-state index is 5.26. The van der Waals surface area contributed by atoms with Gasteiger partial charge in [-0.15, -0.1) is 0 Å². The standard InChI is InChI=1S/C25H33N7O/c1-18-5-12-24(32-15-13-31(3)14-16-32)28-25(27-23-17-19(2)29-30-23)26-22(18)11-8-20-6-9-21(33-4)10-7-20/h6-12,17-18H,5,13-16H2,1-4H3,(H2,27,28,29,30)/b11-8+,24-12-,26-22?. The van der Waals surface area contributed by atoms with E-state index in [1.54, 1.807) is 7.11 Å². The van der Waals surface area contributed by atoms with E-state index in [0.717, 1.165) is 61.1 Å². The summed E-state index contributed by atoms with van der Waals surface area (Å²) in [4.78, 5) is 14.6. The highest BCUT2D eigenvalue weighted by molar-refractivity contribution is 6.09. The quantitative estimate of drug-likeness (QED) is 0.729. The summed E-state index contributed by atoms with van der Waals surface area (Å²) in [6, 6.07) is 9.94. The number of nitrogens with zero attached hydrogens (tertiary/aromatic N) is 5. The number of ether oxygens (including phenoxy) is 1. The zero-order valence-corrected chi connectivity index (χ0v) is 19.9. The average molecular weight is 448 g/mol. The van der Waals surface area contributed by atoms with Gasteiger partial charge < -0.3 is 19.9 Å². The van der Waals surface area contributed by atoms with E-state index in [4.69, 9.17) is 14.7 Å². The first-order valence-electron chi connectivity index (χ1n) is 11.4. The van der Waals surface area contributed by atoms with Crippen molar-refractivity contribution in [2.75, 3.05) is 45.7 Å². The minimum Gasteiger partial charge on any atom is -0.497 e. The van der Waals surface area contributed by atoms with E-state index in [1.807, 2.05) is 37.3 Å². The fraction of sp³-hybridized carbons (Fsp3) is 0.400. The van der Waals surface area contributed by atoms with Gasteiger partial charge in [0, 0.05) is 49.6 Å². The Labute approximate surface area is 195 Å². The molecule has 1 atom stereocenters. The molecule has 2 aromatic rings. The van der Waals surface area contributed by atoms with Gasteiger partial charge in [-0.05, 0) is 50.2 Å². The Balaban J connectivity index is 1.62. The molecule has 0 saturated carbocycles. The van der Waals surface area contributed by atoms with Crippen molar-refractivity contribution in [3.05, 3.63) is 59.6 Å². The molecule has 4 rings (SSSR count). The maximum Gasteiger partial charge on any atom is 0.230 e. The SMILES string of the molecule is COc1ccc(/C=C/C2=NC(Nc3cc(C)[nH]n3)=N/C(N3CCN(C)CC3)=C/CC2C)cc1. The lowest BCUT2D eigenvalue weighted by Gasteiger charge is -2.34. The number of guanidine groups is 1. The first-order valence-corrected chi connectivity index (χ1v) is 11.4. The van der Waals surface area contributed by atoms with Crippen LogP contribution in [0.3, 0.4) is 0 Å². The molecular weight excluding hydrogens is 414 g/mol. The van der Waals surface area contributed by atoms with Crippen molar-refractivity contribution < 1.29 is 4.74 Å². The van der Waals surface area contributed by atoms with E-state index >= 15 is 0 Å². The lowest BCUT2D eigenvalue weighted by molar-refractivity contribution is 0.184. The van der Waals surface area contributed by atoms with Crippen LogP contribution in [0.1, 0.15) is 24.6 Å². The minimum atomic E-state index is 0.246. The first kappa shape index (κ1) is 22.8. The smallest absolute Gasteiger partial charge is 0.230 e. The topological polar surface area (TPSA) is 81.1 Å². The molecule has 1 unspecified atom stereocenters. The van der Waals surface area contributed by atoms with Crippen LogP contribution in [0, 0.1) is 12.8 Å². The Morgan fingerprint density at radius 2 is 1.85 bits per heavy atom. The third-order valence-electron chi connectivity index (χ3n) is 5.95. The van der Waals surface area contributed by atoms with Gasteiger partial charge in [0.2, 0.25) is 5.96 Å². The van der Waals surface area contributed by atoms with Crippen LogP contribution in [0.4, 0.5) is 5.82 Å². The molecule has 2 aliphatic heterocycles. The van der Waals surface area contributed by atoms with Crippen LogP contribution in [0.5, 0.6) is 5.75 Å². The summed E-state index contributed by atoms with van der Waals surface area (Å²) in [5, 5.41) is 10.6. The monoisotopic (exact) mass is 447 g/mol. The lowest BCUT2D eigenvalue weighted by Crippen LogP contribution is -2.43. The molecule has 0 aliphatic carbocycles. The molecule has 0 bridgehead atoms. The summed E-state index contributed by atoms with van der Waals surface area (Å²) in [5.41, 5.74) is 3.05. The number of anilines is 1. The molecule has 2 aliphatic rings. The number of aromatic nitrogens is 2. The van der Waals surface area contributed by atoms with Crippen LogP contribution < -0.4 is 10.1 Å². The Hall–Kier alpha value is -3.39. The normalized spacial score (nSPS) is 21.6. The molecule has 3 heterocycles. The summed E-state index contributed by atoms with van der Waals surface area (Å²) in [6.45, 7) is 8.16. The van der Waals surface area contributed by atoms with Gasteiger partial charge in [-0.25, -0.2) is 4.99 Å². The molecule has 174 valence electrons. The third-order valence-corrected chi connectivity index (χ3v) is 5.95. The predicted octanol–water partition coefficient (Wildman–Crippen LogP) is 3.78. The highest BCUT2D eigenvalue weighted by atomic mass is 16.5. The van der Waals surface area contributed by atoms with E-state index < -0.39 is 0 Å². The van der Waals surface area contributed by atoms with Crippen molar-refractivity contribution in [2.45, 2.75) is 20.3 Å². The second kappa shape index (κ2) is 10.5. The molecule has 1 aromatic carbocycles. The average Bonchev–Trinajstić information content (AvgIpc) is 3.23. The second-order valence-corrected chi connectivity index (χ2v) is 8.63. The Bertz CT molecular complexity index is 1060. The van der Waals surface area contributed by atoms with Gasteiger partial charge in [-0.2, -0.15) is 10.1 Å². The van der Waals surface area contributed by atoms with Crippen molar-refractivity contribution in [3.8, 4) is 5.75 Å². The van der Waals surface area contributed by atoms with Gasteiger partial charge in [0.1, 0.15) is 11.6 Å². The number of allylic oxidation sites excluding steroid dienone is 2. The Morgan fingerprint density at radius 3 is 2.52 bits per heavy atom. The molecular formula is C25H33N7O. The number of aromatic amines is 1. The highest BCUT2D eigenvalue weighted by Gasteiger charge is 2.20. The largest absolute Gasteiger partial charge is 0.497 e. The molecule has 1 fully saturated rings. The molecule has 1 aromatic heterocycles. The molecule has 0 radical (unpaired) electrons. The predicted molar refractivity (Wildman–Crippen MR) is 135 cm³/mol. The fourth-order valence-corrected chi connectivity index (χ4v) is 3.80. The molecule has 8 nitrogen and oxygen atoms in total. The zero-order chi connectivity index (χ0) is 23.2. The van der Waals surface area contributed by atoms with Crippen LogP contribution >= 0.6 is 0 Å². The fourth-order valence-electron chi connectivity index (χ4n) is 3.80. The van der Waals surface area contributed by atoms with Crippen LogP contribution in [-0.2, 0) is 0 Å². The third kappa shape index (κ3) is 6.10. The summed E-state index contributed by atoms with van der Waals surface area (Å²) >= 11 is 0. The second-order valence-electron chi connectivity index (χ2n) is 8.63. The van der Waals surface area contributed by atoms with Crippen molar-refractivity contribution in [1.29, 1.82) is 0 Å². The van der Waals surface area contributed by atoms with Gasteiger partial charge in [0.15, 0.2) is 5.82 Å². The number of benzene rings is 1. The van der Waals surface area contributed by atoms with Crippen molar-refractivity contribution in [2.24, 2.45) is 15.9 Å². The molecule has 2 N–H and O–H groups in total. The number of hydrogen-bond donors (Lipinski definition) is 2. The van der Waals surface area contributed by atoms with Gasteiger partial charge in [-0.3, -0.25) is 5.10 Å². The number of H-pyrrole nitrogens is 1. The van der Waals surface area contributed by atoms with Gasteiger partial charge >= 0.3 is 0 Å². The molecule has 0 spiro atoms. The number of nitrogens with one attached hydrogen (secondary N) is 2. The van der Waals surface area contributed by atoms with Crippen LogP contribution in [-0.4, -0.2) is 72.0 Å². The minimum absolute atomic E-state index is 0.246. The number of rotatable bonds is 5. The number of likely N-dealkylation sites (N-methyl/N-ethyl adjacent to an activating group) is 1. The Morgan fingerprint density at radius 1 is 1.09 bits per heavy atom. The molecule has 8 heteroatoms.